The Bertz CT molecular complexity index is 338. The van der Waals surface area contributed by atoms with Crippen molar-refractivity contribution < 1.29 is 20.1 Å². The van der Waals surface area contributed by atoms with Gasteiger partial charge in [-0.2, -0.15) is 0 Å². The predicted octanol–water partition coefficient (Wildman–Crippen LogP) is 0.403. The molecule has 5 heteroatoms. The van der Waals surface area contributed by atoms with Crippen molar-refractivity contribution in [3.63, 3.8) is 0 Å². The average molecular weight is 339 g/mol. The van der Waals surface area contributed by atoms with E-state index in [1.807, 2.05) is 17.8 Å². The van der Waals surface area contributed by atoms with Gasteiger partial charge in [0.25, 0.3) is 0 Å². The summed E-state index contributed by atoms with van der Waals surface area (Å²) >= 11 is 0. The maximum atomic E-state index is 4.09. The Kier molecular flexibility index (Phi) is 2.78. The Balaban J connectivity index is 0.000000720. The molecule has 12 heavy (non-hydrogen) atoms. The molecule has 0 fully saturated rings. The molecule has 0 aliphatic heterocycles. The van der Waals surface area contributed by atoms with E-state index in [2.05, 4.69) is 16.3 Å². The molecule has 2 heterocycles. The Hall–Kier alpha value is -0.931. The predicted molar refractivity (Wildman–Crippen MR) is 39.2 cm³/mol. The number of aromatic nitrogens is 4. The molecule has 0 saturated heterocycles. The molecule has 0 atom stereocenters. The van der Waals surface area contributed by atoms with Crippen LogP contribution in [0.2, 0.25) is 0 Å². The molecule has 2 rings (SSSR count). The summed E-state index contributed by atoms with van der Waals surface area (Å²) in [5.41, 5.74) is 0. The minimum Gasteiger partial charge on any atom is -0.371 e. The number of rotatable bonds is 1. The summed E-state index contributed by atoms with van der Waals surface area (Å²) < 4.78 is 3.48. The molecule has 2 aromatic rings. The van der Waals surface area contributed by atoms with Crippen LogP contribution in [0.4, 0.5) is 0 Å². The molecule has 4 nitrogen and oxygen atoms in total. The molecule has 0 unspecified atom stereocenters. The summed E-state index contributed by atoms with van der Waals surface area (Å²) in [6, 6.07) is 1.74. The maximum Gasteiger partial charge on any atom is 0.127 e. The van der Waals surface area contributed by atoms with Crippen molar-refractivity contribution in [1.29, 1.82) is 0 Å². The van der Waals surface area contributed by atoms with Crippen LogP contribution in [-0.2, 0) is 27.2 Å². The Labute approximate surface area is 83.6 Å². The van der Waals surface area contributed by atoms with Gasteiger partial charge in [0.05, 0.1) is 0 Å². The fourth-order valence-corrected chi connectivity index (χ4v) is 0.908. The van der Waals surface area contributed by atoms with Gasteiger partial charge >= 0.3 is 0 Å². The number of nitrogens with zero attached hydrogens (tertiary/aromatic N) is 4. The summed E-state index contributed by atoms with van der Waals surface area (Å²) in [6.07, 6.45) is 8.17. The zero-order valence-corrected chi connectivity index (χ0v) is 8.83. The van der Waals surface area contributed by atoms with E-state index >= 15 is 0 Å². The fourth-order valence-electron chi connectivity index (χ4n) is 0.908. The van der Waals surface area contributed by atoms with Crippen molar-refractivity contribution in [1.82, 2.24) is 19.3 Å². The van der Waals surface area contributed by atoms with Crippen LogP contribution in [0.5, 0.6) is 0 Å². The first kappa shape index (κ1) is 9.16. The first-order chi connectivity index (χ1) is 5.38. The van der Waals surface area contributed by atoms with Crippen molar-refractivity contribution in [2.24, 2.45) is 7.05 Å². The van der Waals surface area contributed by atoms with E-state index < -0.39 is 0 Å². The third kappa shape index (κ3) is 1.47. The van der Waals surface area contributed by atoms with Crippen LogP contribution in [0.1, 0.15) is 0 Å². The third-order valence-corrected chi connectivity index (χ3v) is 1.44. The molecule has 2 aromatic heterocycles. The topological polar surface area (TPSA) is 35.6 Å². The van der Waals surface area contributed by atoms with Gasteiger partial charge in [-0.15, -0.1) is 6.07 Å². The molecule has 0 aliphatic carbocycles. The van der Waals surface area contributed by atoms with E-state index in [4.69, 9.17) is 0 Å². The van der Waals surface area contributed by atoms with E-state index in [0.29, 0.717) is 0 Å². The van der Waals surface area contributed by atoms with Gasteiger partial charge in [-0.1, -0.05) is 12.4 Å². The van der Waals surface area contributed by atoms with Crippen LogP contribution >= 0.6 is 0 Å². The number of hydrogen-bond donors (Lipinski definition) is 0. The minimum atomic E-state index is 0. The van der Waals surface area contributed by atoms with Gasteiger partial charge in [0.1, 0.15) is 5.95 Å². The van der Waals surface area contributed by atoms with Gasteiger partial charge in [-0.25, -0.2) is 0 Å². The van der Waals surface area contributed by atoms with Crippen molar-refractivity contribution in [2.45, 2.75) is 0 Å². The number of imidazole rings is 1. The Morgan fingerprint density at radius 1 is 1.42 bits per heavy atom. The molecular formula is C7H7IrN4-. The second-order valence-corrected chi connectivity index (χ2v) is 2.21. The Morgan fingerprint density at radius 3 is 2.75 bits per heavy atom. The number of hydrogen-bond acceptors (Lipinski definition) is 2. The molecule has 1 radical (unpaired) electrons. The van der Waals surface area contributed by atoms with Crippen molar-refractivity contribution in [3.05, 3.63) is 30.9 Å². The van der Waals surface area contributed by atoms with Crippen LogP contribution in [0.3, 0.4) is 0 Å². The molecule has 0 amide bonds. The second-order valence-electron chi connectivity index (χ2n) is 2.21. The molecule has 0 bridgehead atoms. The molecular weight excluding hydrogens is 332 g/mol. The zero-order chi connectivity index (χ0) is 7.68. The quantitative estimate of drug-likeness (QED) is 0.706. The van der Waals surface area contributed by atoms with E-state index in [1.54, 1.807) is 23.1 Å². The SMILES string of the molecule is Cn1ccnc1-n1[c-]ccn1.[Ir]. The maximum absolute atomic E-state index is 4.09. The molecule has 0 saturated carbocycles. The van der Waals surface area contributed by atoms with Crippen molar-refractivity contribution in [3.8, 4) is 5.95 Å². The fraction of sp³-hybridized carbons (Fsp3) is 0.143. The summed E-state index contributed by atoms with van der Waals surface area (Å²) in [5.74, 6) is 0.773. The molecule has 0 N–H and O–H groups in total. The van der Waals surface area contributed by atoms with Gasteiger partial charge in [0.15, 0.2) is 0 Å². The monoisotopic (exact) mass is 340 g/mol. The van der Waals surface area contributed by atoms with Gasteiger partial charge in [0, 0.05) is 39.5 Å². The van der Waals surface area contributed by atoms with E-state index in [9.17, 15) is 0 Å². The van der Waals surface area contributed by atoms with Crippen LogP contribution in [-0.4, -0.2) is 19.3 Å². The van der Waals surface area contributed by atoms with Gasteiger partial charge in [-0.05, 0) is 0 Å². The summed E-state index contributed by atoms with van der Waals surface area (Å²) in [6.45, 7) is 0. The van der Waals surface area contributed by atoms with Gasteiger partial charge < -0.3 is 9.25 Å². The van der Waals surface area contributed by atoms with Crippen molar-refractivity contribution in [2.75, 3.05) is 0 Å². The van der Waals surface area contributed by atoms with E-state index in [0.717, 1.165) is 5.95 Å². The average Bonchev–Trinajstić information content (AvgIpc) is 2.55. The minimum absolute atomic E-state index is 0. The van der Waals surface area contributed by atoms with Crippen LogP contribution in [0.15, 0.2) is 24.7 Å². The smallest absolute Gasteiger partial charge is 0.127 e. The van der Waals surface area contributed by atoms with Crippen LogP contribution in [0, 0.1) is 6.20 Å². The number of aryl methyl sites for hydroxylation is 1. The molecule has 0 spiro atoms. The molecule has 65 valence electrons. The van der Waals surface area contributed by atoms with E-state index in [1.165, 1.54) is 0 Å². The second kappa shape index (κ2) is 3.65. The molecule has 0 aromatic carbocycles. The van der Waals surface area contributed by atoms with Crippen LogP contribution in [0.25, 0.3) is 5.95 Å². The summed E-state index contributed by atoms with van der Waals surface area (Å²) in [5, 5.41) is 4.00. The van der Waals surface area contributed by atoms with E-state index in [-0.39, 0.29) is 20.1 Å². The largest absolute Gasteiger partial charge is 0.371 e. The zero-order valence-electron chi connectivity index (χ0n) is 6.43. The van der Waals surface area contributed by atoms with Gasteiger partial charge in [-0.3, -0.25) is 10.1 Å². The standard InChI is InChI=1S/C7H7N4.Ir/c1-10-6-4-8-7(10)11-5-2-3-9-11;/h2-4,6H,1H3;/q-1;. The first-order valence-electron chi connectivity index (χ1n) is 3.27. The molecule has 0 aliphatic rings. The Morgan fingerprint density at radius 2 is 2.25 bits per heavy atom. The summed E-state index contributed by atoms with van der Waals surface area (Å²) in [4.78, 5) is 4.09. The van der Waals surface area contributed by atoms with Crippen LogP contribution < -0.4 is 0 Å². The third-order valence-electron chi connectivity index (χ3n) is 1.44. The van der Waals surface area contributed by atoms with Crippen molar-refractivity contribution >= 4 is 0 Å². The first-order valence-corrected chi connectivity index (χ1v) is 3.27. The summed E-state index contributed by atoms with van der Waals surface area (Å²) in [7, 11) is 1.91. The normalized spacial score (nSPS) is 9.42. The van der Waals surface area contributed by atoms with Gasteiger partial charge in [0.2, 0.25) is 0 Å².